The molecule has 1 aromatic carbocycles. The summed E-state index contributed by atoms with van der Waals surface area (Å²) in [5, 5.41) is 3.09. The summed E-state index contributed by atoms with van der Waals surface area (Å²) in [5.41, 5.74) is 6.22. The third-order valence-electron chi connectivity index (χ3n) is 8.28. The van der Waals surface area contributed by atoms with Crippen molar-refractivity contribution in [3.05, 3.63) is 58.0 Å². The highest BCUT2D eigenvalue weighted by atomic mass is 35.5. The molecule has 0 spiro atoms. The zero-order valence-corrected chi connectivity index (χ0v) is 25.8. The van der Waals surface area contributed by atoms with Crippen LogP contribution in [0.3, 0.4) is 0 Å². The van der Waals surface area contributed by atoms with E-state index in [-0.39, 0.29) is 29.8 Å². The number of anilines is 1. The molecular formula is C32H42ClN5O3. The summed E-state index contributed by atoms with van der Waals surface area (Å²) < 4.78 is 5.22. The molecule has 41 heavy (non-hydrogen) atoms. The Hall–Kier alpha value is -3.07. The molecule has 0 atom stereocenters. The van der Waals surface area contributed by atoms with E-state index in [4.69, 9.17) is 16.3 Å². The van der Waals surface area contributed by atoms with E-state index >= 15 is 0 Å². The van der Waals surface area contributed by atoms with Crippen LogP contribution in [0.15, 0.2) is 46.2 Å². The van der Waals surface area contributed by atoms with E-state index < -0.39 is 0 Å². The summed E-state index contributed by atoms with van der Waals surface area (Å²) in [6.07, 6.45) is 6.55. The molecule has 9 heteroatoms. The molecule has 0 radical (unpaired) electrons. The minimum absolute atomic E-state index is 0.0333. The molecule has 1 fully saturated rings. The van der Waals surface area contributed by atoms with Crippen LogP contribution in [0, 0.1) is 6.92 Å². The summed E-state index contributed by atoms with van der Waals surface area (Å²) in [6.45, 7) is 7.26. The predicted octanol–water partition coefficient (Wildman–Crippen LogP) is 5.52. The van der Waals surface area contributed by atoms with Gasteiger partial charge in [0.1, 0.15) is 5.16 Å². The molecule has 4 rings (SSSR count). The van der Waals surface area contributed by atoms with Gasteiger partial charge in [0.15, 0.2) is 5.78 Å². The van der Waals surface area contributed by atoms with Gasteiger partial charge in [0.2, 0.25) is 0 Å². The van der Waals surface area contributed by atoms with Crippen molar-refractivity contribution in [3.8, 4) is 11.1 Å². The lowest BCUT2D eigenvalue weighted by Crippen LogP contribution is -2.42. The average Bonchev–Trinajstić information content (AvgIpc) is 2.94. The first-order chi connectivity index (χ1) is 19.6. The highest BCUT2D eigenvalue weighted by Gasteiger charge is 2.29. The Morgan fingerprint density at radius 3 is 2.39 bits per heavy atom. The molecule has 0 bridgehead atoms. The van der Waals surface area contributed by atoms with E-state index in [1.165, 1.54) is 0 Å². The van der Waals surface area contributed by atoms with Crippen molar-refractivity contribution in [2.75, 3.05) is 39.2 Å². The van der Waals surface area contributed by atoms with E-state index in [1.54, 1.807) is 14.0 Å². The molecule has 0 saturated heterocycles. The van der Waals surface area contributed by atoms with E-state index in [2.05, 4.69) is 52.2 Å². The molecule has 2 aromatic rings. The van der Waals surface area contributed by atoms with Crippen LogP contribution in [0.2, 0.25) is 0 Å². The number of aliphatic imine (C=N–C) groups is 1. The van der Waals surface area contributed by atoms with Crippen molar-refractivity contribution in [2.24, 2.45) is 4.99 Å². The average molecular weight is 580 g/mol. The van der Waals surface area contributed by atoms with Gasteiger partial charge in [-0.25, -0.2) is 4.99 Å². The Labute approximate surface area is 248 Å². The van der Waals surface area contributed by atoms with Gasteiger partial charge in [0.25, 0.3) is 5.91 Å². The lowest BCUT2D eigenvalue weighted by Gasteiger charge is -2.40. The first kappa shape index (κ1) is 30.9. The summed E-state index contributed by atoms with van der Waals surface area (Å²) in [7, 11) is 5.96. The van der Waals surface area contributed by atoms with E-state index in [0.717, 1.165) is 60.3 Å². The number of aromatic nitrogens is 1. The van der Waals surface area contributed by atoms with Crippen molar-refractivity contribution in [2.45, 2.75) is 71.6 Å². The highest BCUT2D eigenvalue weighted by Crippen LogP contribution is 2.35. The lowest BCUT2D eigenvalue weighted by atomic mass is 9.88. The minimum Gasteiger partial charge on any atom is -0.378 e. The number of nitrogens with zero attached hydrogens (tertiary/aromatic N) is 4. The maximum Gasteiger partial charge on any atom is 0.251 e. The number of amides is 1. The van der Waals surface area contributed by atoms with Crippen molar-refractivity contribution in [1.29, 1.82) is 0 Å². The number of Topliss-reactive ketones (excluding diaryl/α,β-unsaturated/α-hetero) is 1. The number of ketones is 1. The molecule has 1 N–H and O–H groups in total. The number of hydrogen-bond acceptors (Lipinski definition) is 7. The first-order valence-electron chi connectivity index (χ1n) is 14.4. The molecule has 1 aliphatic heterocycles. The fraction of sp³-hybridized carbons (Fsp3) is 0.500. The largest absolute Gasteiger partial charge is 0.378 e. The number of carbonyl (C=O) groups is 2. The fourth-order valence-electron chi connectivity index (χ4n) is 5.90. The number of rotatable bonds is 10. The van der Waals surface area contributed by atoms with Gasteiger partial charge < -0.3 is 19.9 Å². The summed E-state index contributed by atoms with van der Waals surface area (Å²) in [5.74, 6) is -0.361. The maximum absolute atomic E-state index is 13.7. The van der Waals surface area contributed by atoms with E-state index in [1.807, 2.05) is 31.3 Å². The number of methoxy groups -OCH3 is 1. The molecule has 1 aliphatic carbocycles. The maximum atomic E-state index is 13.7. The Bertz CT molecular complexity index is 1330. The van der Waals surface area contributed by atoms with Gasteiger partial charge in [-0.1, -0.05) is 17.7 Å². The highest BCUT2D eigenvalue weighted by molar-refractivity contribution is 6.34. The van der Waals surface area contributed by atoms with Gasteiger partial charge in [-0.05, 0) is 89.9 Å². The van der Waals surface area contributed by atoms with Gasteiger partial charge >= 0.3 is 0 Å². The summed E-state index contributed by atoms with van der Waals surface area (Å²) in [4.78, 5) is 39.8. The van der Waals surface area contributed by atoms with Crippen molar-refractivity contribution in [3.63, 3.8) is 0 Å². The monoisotopic (exact) mass is 579 g/mol. The third-order valence-corrected chi connectivity index (χ3v) is 8.59. The second-order valence-electron chi connectivity index (χ2n) is 11.3. The SMILES string of the molecule is CCN(c1cc(-c2ccc(COC)nc2)cc(C(=O)NCC2=C(Cl)N=C(C)CC2=O)c1C)[C@H]1CC[C@H](N(C)C)CC1. The topological polar surface area (TPSA) is 87.1 Å². The Kier molecular flexibility index (Phi) is 10.3. The second-order valence-corrected chi connectivity index (χ2v) is 11.6. The van der Waals surface area contributed by atoms with Gasteiger partial charge in [-0.2, -0.15) is 0 Å². The van der Waals surface area contributed by atoms with E-state index in [9.17, 15) is 9.59 Å². The molecule has 8 nitrogen and oxygen atoms in total. The smallest absolute Gasteiger partial charge is 0.251 e. The first-order valence-corrected chi connectivity index (χ1v) is 14.8. The number of nitrogens with one attached hydrogen (secondary N) is 1. The standard InChI is InChI=1S/C32H42ClN5O3/c1-7-38(26-12-10-25(11-13-26)37(4)5)29-16-23(22-8-9-24(19-41-6)34-17-22)15-27(21(29)3)32(40)35-18-28-30(39)14-20(2)36-31(28)33/h8-9,15-17,25-26H,7,10-14,18-19H2,1-6H3,(H,35,40)/t25-,26-. The van der Waals surface area contributed by atoms with Crippen molar-refractivity contribution < 1.29 is 14.3 Å². The quantitative estimate of drug-likeness (QED) is 0.373. The van der Waals surface area contributed by atoms with Crippen LogP contribution in [0.25, 0.3) is 11.1 Å². The van der Waals surface area contributed by atoms with Crippen molar-refractivity contribution in [1.82, 2.24) is 15.2 Å². The number of hydrogen-bond donors (Lipinski definition) is 1. The summed E-state index contributed by atoms with van der Waals surface area (Å²) >= 11 is 6.27. The zero-order chi connectivity index (χ0) is 29.7. The molecule has 1 saturated carbocycles. The van der Waals surface area contributed by atoms with Crippen LogP contribution in [0.5, 0.6) is 0 Å². The van der Waals surface area contributed by atoms with Gasteiger partial charge in [0, 0.05) is 67.4 Å². The predicted molar refractivity (Wildman–Crippen MR) is 166 cm³/mol. The van der Waals surface area contributed by atoms with Gasteiger partial charge in [-0.3, -0.25) is 14.6 Å². The number of pyridine rings is 1. The van der Waals surface area contributed by atoms with E-state index in [0.29, 0.717) is 35.5 Å². The third kappa shape index (κ3) is 7.23. The molecule has 0 unspecified atom stereocenters. The van der Waals surface area contributed by atoms with Crippen molar-refractivity contribution >= 4 is 34.7 Å². The van der Waals surface area contributed by atoms with Crippen LogP contribution in [0.4, 0.5) is 5.69 Å². The van der Waals surface area contributed by atoms with Gasteiger partial charge in [-0.15, -0.1) is 0 Å². The molecule has 220 valence electrons. The number of carbonyl (C=O) groups excluding carboxylic acids is 2. The molecule has 2 aliphatic rings. The Morgan fingerprint density at radius 2 is 1.80 bits per heavy atom. The van der Waals surface area contributed by atoms with Crippen LogP contribution in [0.1, 0.15) is 67.6 Å². The summed E-state index contributed by atoms with van der Waals surface area (Å²) in [6, 6.07) is 9.06. The van der Waals surface area contributed by atoms with Crippen LogP contribution >= 0.6 is 11.6 Å². The zero-order valence-electron chi connectivity index (χ0n) is 25.1. The van der Waals surface area contributed by atoms with Crippen LogP contribution in [-0.2, 0) is 16.1 Å². The molecular weight excluding hydrogens is 538 g/mol. The second kappa shape index (κ2) is 13.7. The molecule has 2 heterocycles. The minimum atomic E-state index is -0.252. The van der Waals surface area contributed by atoms with Crippen LogP contribution in [-0.4, -0.2) is 73.7 Å². The Balaban J connectivity index is 1.69. The van der Waals surface area contributed by atoms with Crippen LogP contribution < -0.4 is 10.2 Å². The number of halogens is 1. The Morgan fingerprint density at radius 1 is 1.10 bits per heavy atom. The lowest BCUT2D eigenvalue weighted by molar-refractivity contribution is -0.114. The fourth-order valence-corrected chi connectivity index (χ4v) is 6.22. The van der Waals surface area contributed by atoms with Gasteiger partial charge in [0.05, 0.1) is 17.9 Å². The normalized spacial score (nSPS) is 19.4. The molecule has 1 amide bonds. The molecule has 1 aromatic heterocycles. The number of ether oxygens (including phenoxy) is 1. The number of benzene rings is 1.